The second kappa shape index (κ2) is 8.31. The number of rotatable bonds is 7. The maximum absolute atomic E-state index is 12.4. The Balaban J connectivity index is 1.91. The number of thioether (sulfide) groups is 1. The van der Waals surface area contributed by atoms with Gasteiger partial charge in [-0.2, -0.15) is 0 Å². The van der Waals surface area contributed by atoms with Crippen molar-refractivity contribution in [1.29, 1.82) is 0 Å². The zero-order valence-electron chi connectivity index (χ0n) is 15.1. The minimum absolute atomic E-state index is 0.243. The molecule has 7 heteroatoms. The van der Waals surface area contributed by atoms with Gasteiger partial charge in [0.1, 0.15) is 17.2 Å². The van der Waals surface area contributed by atoms with Crippen LogP contribution >= 0.6 is 11.8 Å². The SMILES string of the molecule is C=CCNC(=O)c1cnc(SC)nc1Nc1ccc2c(n1)[C@@H](CC)CC2. The van der Waals surface area contributed by atoms with E-state index in [1.54, 1.807) is 12.3 Å². The quantitative estimate of drug-likeness (QED) is 0.440. The normalized spacial score (nSPS) is 15.4. The molecule has 26 heavy (non-hydrogen) atoms. The number of aryl methyl sites for hydroxylation is 1. The zero-order valence-corrected chi connectivity index (χ0v) is 15.9. The van der Waals surface area contributed by atoms with Crippen LogP contribution in [-0.2, 0) is 6.42 Å². The van der Waals surface area contributed by atoms with E-state index in [0.29, 0.717) is 34.8 Å². The molecule has 0 radical (unpaired) electrons. The second-order valence-electron chi connectivity index (χ2n) is 6.13. The van der Waals surface area contributed by atoms with Crippen molar-refractivity contribution in [3.63, 3.8) is 0 Å². The summed E-state index contributed by atoms with van der Waals surface area (Å²) in [5.74, 6) is 1.43. The first-order valence-electron chi connectivity index (χ1n) is 8.73. The highest BCUT2D eigenvalue weighted by molar-refractivity contribution is 7.98. The van der Waals surface area contributed by atoms with E-state index in [0.717, 1.165) is 25.0 Å². The molecule has 2 N–H and O–H groups in total. The molecular formula is C19H23N5OS. The average molecular weight is 369 g/mol. The van der Waals surface area contributed by atoms with Gasteiger partial charge in [0, 0.05) is 24.4 Å². The molecule has 1 amide bonds. The summed E-state index contributed by atoms with van der Waals surface area (Å²) in [6.07, 6.45) is 8.40. The molecule has 0 spiro atoms. The molecule has 2 aromatic rings. The average Bonchev–Trinajstić information content (AvgIpc) is 3.08. The maximum atomic E-state index is 12.4. The van der Waals surface area contributed by atoms with E-state index >= 15 is 0 Å². The van der Waals surface area contributed by atoms with E-state index in [1.807, 2.05) is 12.3 Å². The fourth-order valence-corrected chi connectivity index (χ4v) is 3.45. The van der Waals surface area contributed by atoms with Crippen LogP contribution in [0.5, 0.6) is 0 Å². The van der Waals surface area contributed by atoms with Gasteiger partial charge in [0.25, 0.3) is 5.91 Å². The van der Waals surface area contributed by atoms with Crippen LogP contribution in [0.25, 0.3) is 0 Å². The maximum Gasteiger partial charge on any atom is 0.256 e. The standard InChI is InChI=1S/C19H23N5OS/c1-4-10-20-18(25)14-11-21-19(26-3)24-17(14)23-15-9-8-13-7-6-12(5-2)16(13)22-15/h4,8-9,11-12H,1,5-7,10H2,2-3H3,(H,20,25)(H,21,22,23,24)/t12-/m0/s1. The topological polar surface area (TPSA) is 79.8 Å². The summed E-state index contributed by atoms with van der Waals surface area (Å²) in [6, 6.07) is 4.07. The summed E-state index contributed by atoms with van der Waals surface area (Å²) in [5.41, 5.74) is 2.87. The minimum atomic E-state index is -0.243. The Morgan fingerprint density at radius 2 is 2.27 bits per heavy atom. The molecule has 0 unspecified atom stereocenters. The van der Waals surface area contributed by atoms with Crippen LogP contribution in [0.1, 0.15) is 47.3 Å². The Bertz CT molecular complexity index is 824. The summed E-state index contributed by atoms with van der Waals surface area (Å²) in [6.45, 7) is 6.20. The van der Waals surface area contributed by atoms with Gasteiger partial charge in [-0.25, -0.2) is 15.0 Å². The molecular weight excluding hydrogens is 346 g/mol. The molecule has 1 atom stereocenters. The van der Waals surface area contributed by atoms with Gasteiger partial charge >= 0.3 is 0 Å². The van der Waals surface area contributed by atoms with Gasteiger partial charge in [0.2, 0.25) is 0 Å². The summed E-state index contributed by atoms with van der Waals surface area (Å²) in [5, 5.41) is 6.58. The third kappa shape index (κ3) is 3.88. The number of nitrogens with zero attached hydrogens (tertiary/aromatic N) is 3. The largest absolute Gasteiger partial charge is 0.348 e. The number of aromatic nitrogens is 3. The van der Waals surface area contributed by atoms with Crippen LogP contribution in [0.3, 0.4) is 0 Å². The van der Waals surface area contributed by atoms with Crippen LogP contribution in [0, 0.1) is 0 Å². The van der Waals surface area contributed by atoms with Crippen molar-refractivity contribution >= 4 is 29.3 Å². The fourth-order valence-electron chi connectivity index (χ4n) is 3.11. The molecule has 3 rings (SSSR count). The number of nitrogens with one attached hydrogen (secondary N) is 2. The summed E-state index contributed by atoms with van der Waals surface area (Å²) >= 11 is 1.43. The van der Waals surface area contributed by atoms with E-state index < -0.39 is 0 Å². The van der Waals surface area contributed by atoms with E-state index in [2.05, 4.69) is 40.2 Å². The fraction of sp³-hybridized carbons (Fsp3) is 0.368. The van der Waals surface area contributed by atoms with Gasteiger partial charge in [0.15, 0.2) is 5.16 Å². The smallest absolute Gasteiger partial charge is 0.256 e. The lowest BCUT2D eigenvalue weighted by atomic mass is 10.0. The Labute approximate surface area is 157 Å². The number of anilines is 2. The first-order chi connectivity index (χ1) is 12.7. The molecule has 6 nitrogen and oxygen atoms in total. The number of carbonyl (C=O) groups excluding carboxylic acids is 1. The van der Waals surface area contributed by atoms with Crippen molar-refractivity contribution in [2.45, 2.75) is 37.3 Å². The van der Waals surface area contributed by atoms with Gasteiger partial charge in [-0.1, -0.05) is 30.8 Å². The molecule has 136 valence electrons. The molecule has 2 heterocycles. The van der Waals surface area contributed by atoms with Gasteiger partial charge in [-0.05, 0) is 37.1 Å². The highest BCUT2D eigenvalue weighted by Gasteiger charge is 2.23. The highest BCUT2D eigenvalue weighted by atomic mass is 32.2. The number of pyridine rings is 1. The Morgan fingerprint density at radius 1 is 1.42 bits per heavy atom. The number of amides is 1. The Morgan fingerprint density at radius 3 is 3.00 bits per heavy atom. The number of carbonyl (C=O) groups is 1. The summed E-state index contributed by atoms with van der Waals surface area (Å²) in [4.78, 5) is 25.9. The van der Waals surface area contributed by atoms with Crippen LogP contribution in [-0.4, -0.2) is 33.7 Å². The molecule has 0 saturated carbocycles. The molecule has 0 bridgehead atoms. The van der Waals surface area contributed by atoms with Crippen molar-refractivity contribution in [2.24, 2.45) is 0 Å². The Kier molecular flexibility index (Phi) is 5.88. The summed E-state index contributed by atoms with van der Waals surface area (Å²) < 4.78 is 0. The molecule has 0 aromatic carbocycles. The number of hydrogen-bond acceptors (Lipinski definition) is 6. The molecule has 0 fully saturated rings. The highest BCUT2D eigenvalue weighted by Crippen LogP contribution is 2.35. The first kappa shape index (κ1) is 18.4. The van der Waals surface area contributed by atoms with Gasteiger partial charge in [0.05, 0.1) is 0 Å². The summed E-state index contributed by atoms with van der Waals surface area (Å²) in [7, 11) is 0. The van der Waals surface area contributed by atoms with Crippen molar-refractivity contribution < 1.29 is 4.79 Å². The third-order valence-electron chi connectivity index (χ3n) is 4.50. The molecule has 0 saturated heterocycles. The lowest BCUT2D eigenvalue weighted by Gasteiger charge is -2.13. The number of hydrogen-bond donors (Lipinski definition) is 2. The van der Waals surface area contributed by atoms with Gasteiger partial charge in [-0.15, -0.1) is 6.58 Å². The number of fused-ring (bicyclic) bond motifs is 1. The van der Waals surface area contributed by atoms with Crippen molar-refractivity contribution in [2.75, 3.05) is 18.1 Å². The van der Waals surface area contributed by atoms with Crippen LogP contribution in [0.4, 0.5) is 11.6 Å². The molecule has 1 aliphatic carbocycles. The van der Waals surface area contributed by atoms with Crippen molar-refractivity contribution in [3.8, 4) is 0 Å². The first-order valence-corrected chi connectivity index (χ1v) is 9.95. The van der Waals surface area contributed by atoms with E-state index in [4.69, 9.17) is 4.98 Å². The minimum Gasteiger partial charge on any atom is -0.348 e. The molecule has 1 aliphatic rings. The predicted octanol–water partition coefficient (Wildman–Crippen LogP) is 3.69. The van der Waals surface area contributed by atoms with Crippen LogP contribution < -0.4 is 10.6 Å². The van der Waals surface area contributed by atoms with Crippen molar-refractivity contribution in [3.05, 3.63) is 47.8 Å². The lowest BCUT2D eigenvalue weighted by molar-refractivity contribution is 0.0958. The van der Waals surface area contributed by atoms with E-state index in [1.165, 1.54) is 17.3 Å². The zero-order chi connectivity index (χ0) is 18.5. The third-order valence-corrected chi connectivity index (χ3v) is 5.06. The van der Waals surface area contributed by atoms with Crippen LogP contribution in [0.2, 0.25) is 0 Å². The van der Waals surface area contributed by atoms with Crippen molar-refractivity contribution in [1.82, 2.24) is 20.3 Å². The second-order valence-corrected chi connectivity index (χ2v) is 6.90. The van der Waals surface area contributed by atoms with E-state index in [-0.39, 0.29) is 5.91 Å². The predicted molar refractivity (Wildman–Crippen MR) is 105 cm³/mol. The van der Waals surface area contributed by atoms with Gasteiger partial charge in [-0.3, -0.25) is 4.79 Å². The Hall–Kier alpha value is -2.41. The lowest BCUT2D eigenvalue weighted by Crippen LogP contribution is -2.24. The monoisotopic (exact) mass is 369 g/mol. The van der Waals surface area contributed by atoms with Crippen LogP contribution in [0.15, 0.2) is 36.1 Å². The van der Waals surface area contributed by atoms with Gasteiger partial charge < -0.3 is 10.6 Å². The van der Waals surface area contributed by atoms with E-state index in [9.17, 15) is 4.79 Å². The molecule has 0 aliphatic heterocycles. The molecule has 2 aromatic heterocycles.